The van der Waals surface area contributed by atoms with Crippen molar-refractivity contribution in [3.05, 3.63) is 126 Å². The molecule has 0 aromatic heterocycles. The van der Waals surface area contributed by atoms with Gasteiger partial charge in [0.1, 0.15) is 18.3 Å². The molecule has 0 heterocycles. The molecular weight excluding hydrogens is 550 g/mol. The zero-order chi connectivity index (χ0) is 30.1. The van der Waals surface area contributed by atoms with Gasteiger partial charge in [-0.25, -0.2) is 8.42 Å². The molecule has 0 aliphatic rings. The van der Waals surface area contributed by atoms with E-state index in [-0.39, 0.29) is 29.5 Å². The van der Waals surface area contributed by atoms with E-state index in [9.17, 15) is 18.0 Å². The van der Waals surface area contributed by atoms with E-state index >= 15 is 0 Å². The molecule has 42 heavy (non-hydrogen) atoms. The summed E-state index contributed by atoms with van der Waals surface area (Å²) in [6.45, 7) is 1.51. The molecule has 0 saturated heterocycles. The molecule has 1 N–H and O–H groups in total. The monoisotopic (exact) mass is 585 g/mol. The van der Waals surface area contributed by atoms with Gasteiger partial charge in [-0.1, -0.05) is 90.5 Å². The van der Waals surface area contributed by atoms with Gasteiger partial charge in [0, 0.05) is 20.0 Å². The average Bonchev–Trinajstić information content (AvgIpc) is 3.02. The Morgan fingerprint density at radius 1 is 0.833 bits per heavy atom. The number of ether oxygens (including phenoxy) is 1. The first kappa shape index (κ1) is 30.3. The smallest absolute Gasteiger partial charge is 0.264 e. The van der Waals surface area contributed by atoms with Gasteiger partial charge in [-0.3, -0.25) is 13.9 Å². The Hall–Kier alpha value is -4.63. The minimum atomic E-state index is -4.20. The predicted molar refractivity (Wildman–Crippen MR) is 164 cm³/mol. The molecule has 0 bridgehead atoms. The van der Waals surface area contributed by atoms with Crippen molar-refractivity contribution in [1.82, 2.24) is 10.2 Å². The van der Waals surface area contributed by atoms with Gasteiger partial charge in [0.2, 0.25) is 11.8 Å². The number of carbonyl (C=O) groups excluding carboxylic acids is 2. The topological polar surface area (TPSA) is 96.0 Å². The highest BCUT2D eigenvalue weighted by Crippen LogP contribution is 2.32. The molecule has 0 aliphatic carbocycles. The molecule has 0 radical (unpaired) electrons. The molecule has 2 amide bonds. The van der Waals surface area contributed by atoms with Gasteiger partial charge in [-0.15, -0.1) is 0 Å². The molecule has 8 nitrogen and oxygen atoms in total. The molecule has 0 fully saturated rings. The zero-order valence-electron chi connectivity index (χ0n) is 23.9. The summed E-state index contributed by atoms with van der Waals surface area (Å²) in [5, 5.41) is 2.69. The van der Waals surface area contributed by atoms with E-state index in [2.05, 4.69) is 5.32 Å². The van der Waals surface area contributed by atoms with Gasteiger partial charge in [0.25, 0.3) is 10.0 Å². The number of likely N-dealkylation sites (N-methyl/N-ethyl adjacent to an activating group) is 1. The number of methoxy groups -OCH3 is 1. The Bertz CT molecular complexity index is 1610. The summed E-state index contributed by atoms with van der Waals surface area (Å²) in [5.74, 6) is -0.594. The Morgan fingerprint density at radius 2 is 1.45 bits per heavy atom. The lowest BCUT2D eigenvalue weighted by Gasteiger charge is -2.34. The molecular formula is C33H35N3O5S. The fourth-order valence-electron chi connectivity index (χ4n) is 4.80. The second-order valence-corrected chi connectivity index (χ2v) is 11.7. The molecule has 9 heteroatoms. The number of hydrogen-bond acceptors (Lipinski definition) is 5. The van der Waals surface area contributed by atoms with E-state index in [1.807, 2.05) is 61.5 Å². The molecule has 218 valence electrons. The van der Waals surface area contributed by atoms with Crippen molar-refractivity contribution in [1.29, 1.82) is 0 Å². The van der Waals surface area contributed by atoms with Gasteiger partial charge in [-0.2, -0.15) is 0 Å². The van der Waals surface area contributed by atoms with Crippen molar-refractivity contribution in [2.75, 3.05) is 25.0 Å². The van der Waals surface area contributed by atoms with Crippen LogP contribution in [-0.4, -0.2) is 51.9 Å². The van der Waals surface area contributed by atoms with E-state index in [1.165, 1.54) is 31.2 Å². The standard InChI is InChI=1S/C33H35N3O5S/c1-25-13-12-16-27(21-25)23-35(30(33(38)34-2)22-26-14-6-4-7-15-26)32(37)24-36(29-19-10-11-20-31(29)41-3)42(39,40)28-17-8-5-9-18-28/h4-21,30H,22-24H2,1-3H3,(H,34,38)/t30-/m0/s1. The first-order chi connectivity index (χ1) is 20.2. The summed E-state index contributed by atoms with van der Waals surface area (Å²) in [6.07, 6.45) is 0.248. The number of carbonyl (C=O) groups is 2. The lowest BCUT2D eigenvalue weighted by molar-refractivity contribution is -0.139. The number of amides is 2. The molecule has 0 saturated carbocycles. The molecule has 0 unspecified atom stereocenters. The van der Waals surface area contributed by atoms with Gasteiger partial charge in [-0.05, 0) is 42.3 Å². The largest absolute Gasteiger partial charge is 0.495 e. The van der Waals surface area contributed by atoms with Gasteiger partial charge >= 0.3 is 0 Å². The Balaban J connectivity index is 1.81. The van der Waals surface area contributed by atoms with Gasteiger partial charge in [0.15, 0.2) is 0 Å². The number of sulfonamides is 1. The quantitative estimate of drug-likeness (QED) is 0.263. The number of anilines is 1. The predicted octanol–water partition coefficient (Wildman–Crippen LogP) is 4.59. The van der Waals surface area contributed by atoms with E-state index < -0.39 is 28.5 Å². The van der Waals surface area contributed by atoms with Crippen LogP contribution in [0.25, 0.3) is 0 Å². The maximum atomic E-state index is 14.3. The highest BCUT2D eigenvalue weighted by Gasteiger charge is 2.35. The van der Waals surface area contributed by atoms with Crippen LogP contribution in [0.5, 0.6) is 5.75 Å². The van der Waals surface area contributed by atoms with Crippen molar-refractivity contribution >= 4 is 27.5 Å². The van der Waals surface area contributed by atoms with Crippen LogP contribution in [0.1, 0.15) is 16.7 Å². The van der Waals surface area contributed by atoms with Crippen molar-refractivity contribution in [2.24, 2.45) is 0 Å². The van der Waals surface area contributed by atoms with Crippen molar-refractivity contribution in [3.8, 4) is 5.75 Å². The molecule has 1 atom stereocenters. The van der Waals surface area contributed by atoms with Gasteiger partial charge < -0.3 is 15.0 Å². The number of benzene rings is 4. The number of nitrogens with zero attached hydrogens (tertiary/aromatic N) is 2. The van der Waals surface area contributed by atoms with Crippen LogP contribution in [0.4, 0.5) is 5.69 Å². The first-order valence-corrected chi connectivity index (χ1v) is 15.0. The van der Waals surface area contributed by atoms with Gasteiger partial charge in [0.05, 0.1) is 17.7 Å². The number of para-hydroxylation sites is 2. The minimum Gasteiger partial charge on any atom is -0.495 e. The van der Waals surface area contributed by atoms with Crippen LogP contribution < -0.4 is 14.4 Å². The maximum absolute atomic E-state index is 14.3. The third-order valence-corrected chi connectivity index (χ3v) is 8.69. The third-order valence-electron chi connectivity index (χ3n) is 6.92. The normalized spacial score (nSPS) is 11.8. The molecule has 0 aliphatic heterocycles. The fraction of sp³-hybridized carbons (Fsp3) is 0.212. The summed E-state index contributed by atoms with van der Waals surface area (Å²) < 4.78 is 34.6. The fourth-order valence-corrected chi connectivity index (χ4v) is 6.24. The van der Waals surface area contributed by atoms with Crippen LogP contribution in [0.2, 0.25) is 0 Å². The van der Waals surface area contributed by atoms with Crippen molar-refractivity contribution < 1.29 is 22.7 Å². The number of aryl methyl sites for hydroxylation is 1. The molecule has 4 aromatic carbocycles. The lowest BCUT2D eigenvalue weighted by Crippen LogP contribution is -2.53. The summed E-state index contributed by atoms with van der Waals surface area (Å²) in [7, 11) is -1.23. The Labute approximate surface area is 247 Å². The number of nitrogens with one attached hydrogen (secondary N) is 1. The minimum absolute atomic E-state index is 0.0288. The van der Waals surface area contributed by atoms with Crippen LogP contribution >= 0.6 is 0 Å². The summed E-state index contributed by atoms with van der Waals surface area (Å²) >= 11 is 0. The zero-order valence-corrected chi connectivity index (χ0v) is 24.8. The van der Waals surface area contributed by atoms with Crippen LogP contribution in [0, 0.1) is 6.92 Å². The van der Waals surface area contributed by atoms with Crippen molar-refractivity contribution in [2.45, 2.75) is 30.8 Å². The van der Waals surface area contributed by atoms with Crippen LogP contribution in [0.3, 0.4) is 0 Å². The average molecular weight is 586 g/mol. The van der Waals surface area contributed by atoms with Crippen LogP contribution in [-0.2, 0) is 32.6 Å². The molecule has 4 aromatic rings. The lowest BCUT2D eigenvalue weighted by atomic mass is 10.0. The van der Waals surface area contributed by atoms with Crippen LogP contribution in [0.15, 0.2) is 114 Å². The Morgan fingerprint density at radius 3 is 2.10 bits per heavy atom. The molecule has 4 rings (SSSR count). The highest BCUT2D eigenvalue weighted by molar-refractivity contribution is 7.92. The van der Waals surface area contributed by atoms with E-state index in [0.29, 0.717) is 5.75 Å². The van der Waals surface area contributed by atoms with E-state index in [0.717, 1.165) is 21.0 Å². The highest BCUT2D eigenvalue weighted by atomic mass is 32.2. The van der Waals surface area contributed by atoms with Crippen molar-refractivity contribution in [3.63, 3.8) is 0 Å². The summed E-state index contributed by atoms with van der Waals surface area (Å²) in [5.41, 5.74) is 2.90. The summed E-state index contributed by atoms with van der Waals surface area (Å²) in [4.78, 5) is 29.2. The number of rotatable bonds is 12. The van der Waals surface area contributed by atoms with E-state index in [4.69, 9.17) is 4.74 Å². The third kappa shape index (κ3) is 7.16. The van der Waals surface area contributed by atoms with E-state index in [1.54, 1.807) is 42.5 Å². The second-order valence-electron chi connectivity index (χ2n) is 9.83. The Kier molecular flexibility index (Phi) is 9.98. The second kappa shape index (κ2) is 13.8. The summed E-state index contributed by atoms with van der Waals surface area (Å²) in [6, 6.07) is 30.8. The first-order valence-electron chi connectivity index (χ1n) is 13.6. The SMILES string of the molecule is CNC(=O)[C@H](Cc1ccccc1)N(Cc1cccc(C)c1)C(=O)CN(c1ccccc1OC)S(=O)(=O)c1ccccc1. The number of hydrogen-bond donors (Lipinski definition) is 1. The molecule has 0 spiro atoms. The maximum Gasteiger partial charge on any atom is 0.264 e.